The van der Waals surface area contributed by atoms with E-state index in [1.165, 1.54) is 6.07 Å². The fraction of sp³-hybridized carbons (Fsp3) is 0.133. The Bertz CT molecular complexity index is 643. The first-order valence-corrected chi connectivity index (χ1v) is 7.26. The first kappa shape index (κ1) is 15.0. The molecule has 0 aliphatic rings. The lowest BCUT2D eigenvalue weighted by Gasteiger charge is -2.10. The topological polar surface area (TPSA) is 29.1 Å². The van der Waals surface area contributed by atoms with Crippen molar-refractivity contribution in [1.82, 2.24) is 0 Å². The Morgan fingerprint density at radius 1 is 1.30 bits per heavy atom. The van der Waals surface area contributed by atoms with E-state index in [4.69, 9.17) is 11.6 Å². The van der Waals surface area contributed by atoms with Crippen molar-refractivity contribution >= 4 is 39.1 Å². The van der Waals surface area contributed by atoms with Crippen molar-refractivity contribution < 1.29 is 9.18 Å². The van der Waals surface area contributed by atoms with Crippen LogP contribution in [-0.4, -0.2) is 5.91 Å². The smallest absolute Gasteiger partial charge is 0.255 e. The van der Waals surface area contributed by atoms with Gasteiger partial charge in [0.1, 0.15) is 5.82 Å². The van der Waals surface area contributed by atoms with E-state index in [9.17, 15) is 9.18 Å². The average molecular weight is 357 g/mol. The summed E-state index contributed by atoms with van der Waals surface area (Å²) >= 11 is 8.80. The van der Waals surface area contributed by atoms with Crippen LogP contribution in [0.1, 0.15) is 21.5 Å². The molecule has 0 aliphatic heterocycles. The molecular formula is C15H12BrClFNO. The van der Waals surface area contributed by atoms with Crippen molar-refractivity contribution in [3.05, 3.63) is 63.4 Å². The lowest BCUT2D eigenvalue weighted by atomic mass is 10.1. The van der Waals surface area contributed by atoms with Crippen LogP contribution in [0.2, 0.25) is 0 Å². The van der Waals surface area contributed by atoms with Crippen LogP contribution in [0.25, 0.3) is 0 Å². The number of aryl methyl sites for hydroxylation is 1. The number of anilines is 1. The van der Waals surface area contributed by atoms with Gasteiger partial charge in [-0.15, -0.1) is 11.6 Å². The molecule has 0 aromatic heterocycles. The number of alkyl halides is 1. The normalized spacial score (nSPS) is 10.4. The fourth-order valence-corrected chi connectivity index (χ4v) is 2.24. The molecule has 0 saturated carbocycles. The van der Waals surface area contributed by atoms with Gasteiger partial charge in [-0.1, -0.05) is 12.1 Å². The third kappa shape index (κ3) is 3.38. The summed E-state index contributed by atoms with van der Waals surface area (Å²) in [4.78, 5) is 12.1. The maximum atomic E-state index is 13.3. The highest BCUT2D eigenvalue weighted by atomic mass is 79.9. The van der Waals surface area contributed by atoms with Gasteiger partial charge >= 0.3 is 0 Å². The van der Waals surface area contributed by atoms with E-state index in [0.717, 1.165) is 5.56 Å². The lowest BCUT2D eigenvalue weighted by molar-refractivity contribution is 0.102. The average Bonchev–Trinajstić information content (AvgIpc) is 2.44. The minimum absolute atomic E-state index is 0.243. The zero-order valence-corrected chi connectivity index (χ0v) is 13.1. The summed E-state index contributed by atoms with van der Waals surface area (Å²) in [6.07, 6.45) is 0. The van der Waals surface area contributed by atoms with Crippen LogP contribution in [0.3, 0.4) is 0 Å². The van der Waals surface area contributed by atoms with Gasteiger partial charge in [0.05, 0.1) is 4.47 Å². The molecule has 0 spiro atoms. The van der Waals surface area contributed by atoms with Gasteiger partial charge in [0, 0.05) is 17.1 Å². The van der Waals surface area contributed by atoms with E-state index in [1.54, 1.807) is 37.3 Å². The lowest BCUT2D eigenvalue weighted by Crippen LogP contribution is -2.13. The van der Waals surface area contributed by atoms with E-state index < -0.39 is 0 Å². The van der Waals surface area contributed by atoms with Crippen LogP contribution in [-0.2, 0) is 5.88 Å². The largest absolute Gasteiger partial charge is 0.322 e. The second kappa shape index (κ2) is 6.37. The maximum absolute atomic E-state index is 13.3. The number of amides is 1. The Hall–Kier alpha value is -1.39. The Balaban J connectivity index is 2.20. The van der Waals surface area contributed by atoms with Crippen LogP contribution in [0.5, 0.6) is 0 Å². The molecule has 0 unspecified atom stereocenters. The van der Waals surface area contributed by atoms with Crippen molar-refractivity contribution in [3.8, 4) is 0 Å². The molecule has 2 aromatic carbocycles. The van der Waals surface area contributed by atoms with Gasteiger partial charge in [-0.25, -0.2) is 4.39 Å². The third-order valence-electron chi connectivity index (χ3n) is 2.89. The molecule has 0 fully saturated rings. The minimum Gasteiger partial charge on any atom is -0.322 e. The van der Waals surface area contributed by atoms with E-state index in [1.807, 2.05) is 0 Å². The Morgan fingerprint density at radius 2 is 1.95 bits per heavy atom. The standard InChI is InChI=1S/C15H12BrClFNO/c1-9-6-13(18)12(16)7-14(9)19-15(20)11-4-2-10(8-17)3-5-11/h2-7H,8H2,1H3,(H,19,20). The van der Waals surface area contributed by atoms with E-state index in [2.05, 4.69) is 21.2 Å². The number of halogens is 3. The molecule has 0 aliphatic carbocycles. The molecule has 0 radical (unpaired) electrons. The van der Waals surface area contributed by atoms with Crippen LogP contribution >= 0.6 is 27.5 Å². The molecular weight excluding hydrogens is 345 g/mol. The van der Waals surface area contributed by atoms with Crippen molar-refractivity contribution in [2.45, 2.75) is 12.8 Å². The molecule has 2 aromatic rings. The van der Waals surface area contributed by atoms with Gasteiger partial charge in [-0.05, 0) is 58.2 Å². The van der Waals surface area contributed by atoms with Crippen LogP contribution < -0.4 is 5.32 Å². The molecule has 0 bridgehead atoms. The summed E-state index contributed by atoms with van der Waals surface area (Å²) in [6.45, 7) is 1.74. The first-order chi connectivity index (χ1) is 9.51. The van der Waals surface area contributed by atoms with E-state index >= 15 is 0 Å². The molecule has 104 valence electrons. The highest BCUT2D eigenvalue weighted by Gasteiger charge is 2.10. The zero-order valence-electron chi connectivity index (χ0n) is 10.7. The summed E-state index contributed by atoms with van der Waals surface area (Å²) in [5.74, 6) is -0.189. The Kier molecular flexibility index (Phi) is 4.78. The van der Waals surface area contributed by atoms with Crippen LogP contribution in [0.4, 0.5) is 10.1 Å². The van der Waals surface area contributed by atoms with Gasteiger partial charge in [0.2, 0.25) is 0 Å². The number of carbonyl (C=O) groups excluding carboxylic acids is 1. The van der Waals surface area contributed by atoms with Crippen molar-refractivity contribution in [1.29, 1.82) is 0 Å². The van der Waals surface area contributed by atoms with Crippen molar-refractivity contribution in [2.75, 3.05) is 5.32 Å². The second-order valence-electron chi connectivity index (χ2n) is 4.37. The summed E-state index contributed by atoms with van der Waals surface area (Å²) in [5.41, 5.74) is 2.71. The third-order valence-corrected chi connectivity index (χ3v) is 3.80. The molecule has 1 N–H and O–H groups in total. The molecule has 0 atom stereocenters. The monoisotopic (exact) mass is 355 g/mol. The van der Waals surface area contributed by atoms with Gasteiger partial charge in [0.25, 0.3) is 5.91 Å². The van der Waals surface area contributed by atoms with Gasteiger partial charge in [0.15, 0.2) is 0 Å². The number of rotatable bonds is 3. The van der Waals surface area contributed by atoms with E-state index in [-0.39, 0.29) is 11.7 Å². The molecule has 1 amide bonds. The number of hydrogen-bond donors (Lipinski definition) is 1. The first-order valence-electron chi connectivity index (χ1n) is 5.93. The zero-order chi connectivity index (χ0) is 14.7. The van der Waals surface area contributed by atoms with Gasteiger partial charge < -0.3 is 5.32 Å². The predicted molar refractivity (Wildman–Crippen MR) is 82.8 cm³/mol. The van der Waals surface area contributed by atoms with E-state index in [0.29, 0.717) is 27.2 Å². The van der Waals surface area contributed by atoms with Crippen LogP contribution in [0.15, 0.2) is 40.9 Å². The summed E-state index contributed by atoms with van der Waals surface area (Å²) in [7, 11) is 0. The number of carbonyl (C=O) groups is 1. The molecule has 2 nitrogen and oxygen atoms in total. The summed E-state index contributed by atoms with van der Waals surface area (Å²) in [6, 6.07) is 9.94. The molecule has 2 rings (SSSR count). The minimum atomic E-state index is -0.355. The Labute approximate surface area is 130 Å². The molecule has 0 saturated heterocycles. The maximum Gasteiger partial charge on any atom is 0.255 e. The second-order valence-corrected chi connectivity index (χ2v) is 5.49. The number of nitrogens with one attached hydrogen (secondary N) is 1. The molecule has 20 heavy (non-hydrogen) atoms. The van der Waals surface area contributed by atoms with Crippen molar-refractivity contribution in [3.63, 3.8) is 0 Å². The summed E-state index contributed by atoms with van der Waals surface area (Å²) < 4.78 is 13.6. The van der Waals surface area contributed by atoms with Gasteiger partial charge in [-0.2, -0.15) is 0 Å². The number of benzene rings is 2. The van der Waals surface area contributed by atoms with Crippen molar-refractivity contribution in [2.24, 2.45) is 0 Å². The quantitative estimate of drug-likeness (QED) is 0.780. The Morgan fingerprint density at radius 3 is 2.55 bits per heavy atom. The molecule has 5 heteroatoms. The predicted octanol–water partition coefficient (Wildman–Crippen LogP) is 4.89. The SMILES string of the molecule is Cc1cc(F)c(Br)cc1NC(=O)c1ccc(CCl)cc1. The van der Waals surface area contributed by atoms with Gasteiger partial charge in [-0.3, -0.25) is 4.79 Å². The summed E-state index contributed by atoms with van der Waals surface area (Å²) in [5, 5.41) is 2.76. The fourth-order valence-electron chi connectivity index (χ4n) is 1.72. The molecule has 0 heterocycles. The number of hydrogen-bond acceptors (Lipinski definition) is 1. The highest BCUT2D eigenvalue weighted by Crippen LogP contribution is 2.24. The van der Waals surface area contributed by atoms with Crippen LogP contribution in [0, 0.1) is 12.7 Å². The highest BCUT2D eigenvalue weighted by molar-refractivity contribution is 9.10.